The van der Waals surface area contributed by atoms with Crippen LogP contribution in [0.3, 0.4) is 0 Å². The van der Waals surface area contributed by atoms with Gasteiger partial charge in [0.15, 0.2) is 0 Å². The summed E-state index contributed by atoms with van der Waals surface area (Å²) in [6.45, 7) is 3.20. The second-order valence-electron chi connectivity index (χ2n) is 7.78. The third-order valence-corrected chi connectivity index (χ3v) is 8.26. The van der Waals surface area contributed by atoms with Gasteiger partial charge in [0.2, 0.25) is 0 Å². The maximum absolute atomic E-state index is 12.4. The third kappa shape index (κ3) is 9.28. The minimum Gasteiger partial charge on any atom is -0.236 e. The van der Waals surface area contributed by atoms with Crippen LogP contribution in [0.5, 0.6) is 0 Å². The highest BCUT2D eigenvalue weighted by Crippen LogP contribution is 2.38. The van der Waals surface area contributed by atoms with E-state index < -0.39 is 11.0 Å². The molecule has 0 saturated heterocycles. The zero-order chi connectivity index (χ0) is 19.9. The van der Waals surface area contributed by atoms with E-state index in [1.165, 1.54) is 83.5 Å². The summed E-state index contributed by atoms with van der Waals surface area (Å²) in [7, 11) is -0.965. The van der Waals surface area contributed by atoms with Crippen molar-refractivity contribution < 1.29 is 4.21 Å². The van der Waals surface area contributed by atoms with Crippen molar-refractivity contribution in [2.24, 2.45) is 0 Å². The van der Waals surface area contributed by atoms with Crippen LogP contribution in [0, 0.1) is 0 Å². The molecule has 0 aliphatic carbocycles. The monoisotopic (exact) mass is 421 g/mol. The lowest BCUT2D eigenvalue weighted by molar-refractivity contribution is 0.557. The molecule has 1 aliphatic heterocycles. The van der Waals surface area contributed by atoms with Gasteiger partial charge in [0.25, 0.3) is 0 Å². The molecule has 1 atom stereocenters. The molecule has 1 aromatic carbocycles. The van der Waals surface area contributed by atoms with Crippen LogP contribution in [0.2, 0.25) is 0 Å². The Morgan fingerprint density at radius 1 is 0.821 bits per heavy atom. The Balaban J connectivity index is 1.36. The summed E-state index contributed by atoms with van der Waals surface area (Å²) in [5.74, 6) is 0. The van der Waals surface area contributed by atoms with Crippen LogP contribution in [-0.4, -0.2) is 14.5 Å². The summed E-state index contributed by atoms with van der Waals surface area (Å²) in [5.41, 5.74) is 0. The first-order valence-electron chi connectivity index (χ1n) is 11.4. The number of hydrogen-bond donors (Lipinski definition) is 0. The molecule has 0 spiro atoms. The average molecular weight is 422 g/mol. The SMILES string of the molecule is CCCCCCCC/C=C/CCCCCCCCN1Sc2ccccc2S1=O. The second-order valence-corrected chi connectivity index (χ2v) is 10.5. The van der Waals surface area contributed by atoms with E-state index in [0.717, 1.165) is 22.8 Å². The van der Waals surface area contributed by atoms with Gasteiger partial charge in [0.05, 0.1) is 4.90 Å². The van der Waals surface area contributed by atoms with Crippen molar-refractivity contribution in [3.63, 3.8) is 0 Å². The first kappa shape index (κ1) is 23.7. The molecule has 0 radical (unpaired) electrons. The maximum atomic E-state index is 12.4. The second kappa shape index (κ2) is 15.3. The summed E-state index contributed by atoms with van der Waals surface area (Å²) >= 11 is 1.66. The first-order chi connectivity index (χ1) is 13.8. The molecule has 2 rings (SSSR count). The minimum atomic E-state index is -0.965. The molecule has 0 aromatic heterocycles. The lowest BCUT2D eigenvalue weighted by Crippen LogP contribution is -2.15. The molecule has 4 heteroatoms. The van der Waals surface area contributed by atoms with E-state index in [0.29, 0.717) is 0 Å². The molecular weight excluding hydrogens is 382 g/mol. The fraction of sp³-hybridized carbons (Fsp3) is 0.667. The van der Waals surface area contributed by atoms with Crippen LogP contribution in [0.25, 0.3) is 0 Å². The Hall–Kier alpha value is -0.580. The lowest BCUT2D eigenvalue weighted by Gasteiger charge is -2.11. The van der Waals surface area contributed by atoms with Crippen molar-refractivity contribution in [3.8, 4) is 0 Å². The fourth-order valence-corrected chi connectivity index (χ4v) is 6.30. The molecule has 1 unspecified atom stereocenters. The van der Waals surface area contributed by atoms with E-state index in [9.17, 15) is 4.21 Å². The third-order valence-electron chi connectivity index (χ3n) is 5.27. The molecule has 0 saturated carbocycles. The molecular formula is C24H39NOS2. The molecule has 1 heterocycles. The van der Waals surface area contributed by atoms with Crippen LogP contribution in [0.4, 0.5) is 0 Å². The van der Waals surface area contributed by atoms with Gasteiger partial charge in [-0.25, -0.2) is 4.21 Å². The Labute approximate surface area is 180 Å². The normalized spacial score (nSPS) is 16.8. The summed E-state index contributed by atoms with van der Waals surface area (Å²) in [5, 5.41) is 0. The number of benzene rings is 1. The van der Waals surface area contributed by atoms with Crippen LogP contribution in [0.1, 0.15) is 96.8 Å². The van der Waals surface area contributed by atoms with Crippen molar-refractivity contribution in [3.05, 3.63) is 36.4 Å². The van der Waals surface area contributed by atoms with Gasteiger partial charge in [0.1, 0.15) is 11.0 Å². The Bertz CT molecular complexity index is 588. The van der Waals surface area contributed by atoms with Gasteiger partial charge >= 0.3 is 0 Å². The van der Waals surface area contributed by atoms with Crippen LogP contribution in [0.15, 0.2) is 46.2 Å². The highest BCUT2D eigenvalue weighted by molar-refractivity contribution is 8.08. The topological polar surface area (TPSA) is 20.3 Å². The minimum absolute atomic E-state index is 0.924. The van der Waals surface area contributed by atoms with Gasteiger partial charge in [-0.15, -0.1) is 0 Å². The number of rotatable bonds is 16. The Kier molecular flexibility index (Phi) is 12.9. The van der Waals surface area contributed by atoms with Crippen molar-refractivity contribution in [1.29, 1.82) is 0 Å². The molecule has 1 aliphatic rings. The number of allylic oxidation sites excluding steroid dienone is 2. The average Bonchev–Trinajstić information content (AvgIpc) is 3.03. The lowest BCUT2D eigenvalue weighted by atomic mass is 10.1. The van der Waals surface area contributed by atoms with E-state index in [4.69, 9.17) is 0 Å². The van der Waals surface area contributed by atoms with E-state index in [-0.39, 0.29) is 0 Å². The number of unbranched alkanes of at least 4 members (excludes halogenated alkanes) is 12. The van der Waals surface area contributed by atoms with Crippen LogP contribution >= 0.6 is 11.9 Å². The van der Waals surface area contributed by atoms with Gasteiger partial charge < -0.3 is 0 Å². The first-order valence-corrected chi connectivity index (χ1v) is 13.3. The summed E-state index contributed by atoms with van der Waals surface area (Å²) in [6, 6.07) is 8.06. The van der Waals surface area contributed by atoms with Crippen LogP contribution in [-0.2, 0) is 11.0 Å². The van der Waals surface area contributed by atoms with Crippen molar-refractivity contribution in [2.75, 3.05) is 6.54 Å². The number of nitrogens with zero attached hydrogens (tertiary/aromatic N) is 1. The summed E-state index contributed by atoms with van der Waals surface area (Å²) in [6.07, 6.45) is 23.4. The number of fused-ring (bicyclic) bond motifs is 1. The highest BCUT2D eigenvalue weighted by atomic mass is 32.2. The molecule has 0 fully saturated rings. The van der Waals surface area contributed by atoms with Crippen molar-refractivity contribution in [2.45, 2.75) is 107 Å². The molecule has 1 aromatic rings. The van der Waals surface area contributed by atoms with E-state index in [1.54, 1.807) is 11.9 Å². The Morgan fingerprint density at radius 2 is 1.39 bits per heavy atom. The molecule has 0 bridgehead atoms. The number of hydrogen-bond acceptors (Lipinski definition) is 2. The highest BCUT2D eigenvalue weighted by Gasteiger charge is 2.26. The molecule has 158 valence electrons. The zero-order valence-electron chi connectivity index (χ0n) is 17.7. The van der Waals surface area contributed by atoms with E-state index >= 15 is 0 Å². The van der Waals surface area contributed by atoms with Crippen molar-refractivity contribution in [1.82, 2.24) is 3.71 Å². The predicted octanol–water partition coefficient (Wildman–Crippen LogP) is 8.07. The van der Waals surface area contributed by atoms with Gasteiger partial charge in [-0.2, -0.15) is 3.71 Å². The van der Waals surface area contributed by atoms with Gasteiger partial charge in [-0.1, -0.05) is 89.0 Å². The molecule has 2 nitrogen and oxygen atoms in total. The smallest absolute Gasteiger partial charge is 0.139 e. The predicted molar refractivity (Wildman–Crippen MR) is 125 cm³/mol. The van der Waals surface area contributed by atoms with Gasteiger partial charge in [-0.3, -0.25) is 0 Å². The van der Waals surface area contributed by atoms with E-state index in [1.807, 2.05) is 21.9 Å². The summed E-state index contributed by atoms with van der Waals surface area (Å²) in [4.78, 5) is 2.14. The van der Waals surface area contributed by atoms with Crippen LogP contribution < -0.4 is 0 Å². The van der Waals surface area contributed by atoms with Gasteiger partial charge in [-0.05, 0) is 56.2 Å². The Morgan fingerprint density at radius 3 is 2.04 bits per heavy atom. The maximum Gasteiger partial charge on any atom is 0.139 e. The summed E-state index contributed by atoms with van der Waals surface area (Å²) < 4.78 is 14.4. The zero-order valence-corrected chi connectivity index (χ0v) is 19.4. The fourth-order valence-electron chi connectivity index (χ4n) is 3.54. The molecule has 28 heavy (non-hydrogen) atoms. The van der Waals surface area contributed by atoms with E-state index in [2.05, 4.69) is 25.1 Å². The quantitative estimate of drug-likeness (QED) is 0.153. The van der Waals surface area contributed by atoms with Gasteiger partial charge in [0, 0.05) is 11.4 Å². The molecule has 0 N–H and O–H groups in total. The van der Waals surface area contributed by atoms with Crippen molar-refractivity contribution >= 4 is 22.9 Å². The standard InChI is InChI=1S/C24H39NOS2/c1-2-3-4-5-6-7-8-9-10-11-12-13-14-15-16-19-22-25-27-23-20-17-18-21-24(23)28(25)26/h9-10,17-18,20-21H,2-8,11-16,19,22H2,1H3/b10-9+. The molecule has 0 amide bonds. The largest absolute Gasteiger partial charge is 0.236 e.